The van der Waals surface area contributed by atoms with Gasteiger partial charge in [-0.05, 0) is 19.8 Å². The molecular formula is C13H18BrN3O6. The third kappa shape index (κ3) is 5.31. The minimum Gasteiger partial charge on any atom is -0.468 e. The van der Waals surface area contributed by atoms with E-state index in [1.165, 1.54) is 25.1 Å². The van der Waals surface area contributed by atoms with E-state index in [9.17, 15) is 14.4 Å². The van der Waals surface area contributed by atoms with Crippen molar-refractivity contribution in [2.75, 3.05) is 20.8 Å². The smallest absolute Gasteiger partial charge is 0.360 e. The van der Waals surface area contributed by atoms with E-state index in [0.29, 0.717) is 6.42 Å². The van der Waals surface area contributed by atoms with Crippen LogP contribution in [0, 0.1) is 0 Å². The Morgan fingerprint density at radius 2 is 1.87 bits per heavy atom. The first-order chi connectivity index (χ1) is 10.9. The van der Waals surface area contributed by atoms with Gasteiger partial charge in [0.2, 0.25) is 0 Å². The number of hydrogen-bond acceptors (Lipinski definition) is 8. The molecule has 0 saturated heterocycles. The van der Waals surface area contributed by atoms with Crippen molar-refractivity contribution in [2.24, 2.45) is 0 Å². The molecule has 128 valence electrons. The third-order valence-electron chi connectivity index (χ3n) is 2.94. The normalized spacial score (nSPS) is 13.0. The zero-order valence-electron chi connectivity index (χ0n) is 13.0. The number of halogens is 1. The number of nitrogens with zero attached hydrogens (tertiary/aromatic N) is 3. The van der Waals surface area contributed by atoms with E-state index in [1.54, 1.807) is 6.92 Å². The van der Waals surface area contributed by atoms with E-state index >= 15 is 0 Å². The number of hydrogen-bond donors (Lipinski definition) is 0. The number of carbonyl (C=O) groups is 3. The van der Waals surface area contributed by atoms with Crippen LogP contribution in [0.1, 0.15) is 36.3 Å². The molecule has 0 spiro atoms. The van der Waals surface area contributed by atoms with Crippen LogP contribution in [0.25, 0.3) is 0 Å². The maximum atomic E-state index is 11.9. The van der Waals surface area contributed by atoms with Crippen LogP contribution in [-0.2, 0) is 23.8 Å². The molecule has 10 heteroatoms. The maximum absolute atomic E-state index is 11.9. The van der Waals surface area contributed by atoms with Crippen molar-refractivity contribution < 1.29 is 28.6 Å². The van der Waals surface area contributed by atoms with Crippen molar-refractivity contribution in [1.29, 1.82) is 0 Å². The topological polar surface area (TPSA) is 110 Å². The molecule has 1 aromatic heterocycles. The van der Waals surface area contributed by atoms with Crippen LogP contribution in [0.3, 0.4) is 0 Å². The van der Waals surface area contributed by atoms with Gasteiger partial charge in [-0.15, -0.1) is 5.10 Å². The zero-order chi connectivity index (χ0) is 17.4. The highest BCUT2D eigenvalue weighted by Gasteiger charge is 2.27. The standard InChI is InChI=1S/C13H18BrN3O6/c1-4-23-12(19)9-7-17(16-15-9)10(13(20)22-3)6-5-8(14)11(18)21-2/h7-8,10H,4-6H2,1-3H3. The molecule has 0 amide bonds. The molecule has 0 aliphatic carbocycles. The molecule has 1 heterocycles. The third-order valence-corrected chi connectivity index (χ3v) is 3.77. The lowest BCUT2D eigenvalue weighted by molar-refractivity contribution is -0.146. The first-order valence-corrected chi connectivity index (χ1v) is 7.74. The minimum absolute atomic E-state index is 0.0101. The molecular weight excluding hydrogens is 374 g/mol. The van der Waals surface area contributed by atoms with Gasteiger partial charge in [-0.1, -0.05) is 21.1 Å². The van der Waals surface area contributed by atoms with Gasteiger partial charge in [-0.2, -0.15) is 0 Å². The summed E-state index contributed by atoms with van der Waals surface area (Å²) < 4.78 is 15.4. The van der Waals surface area contributed by atoms with Gasteiger partial charge in [0, 0.05) is 0 Å². The Morgan fingerprint density at radius 3 is 2.43 bits per heavy atom. The van der Waals surface area contributed by atoms with E-state index in [-0.39, 0.29) is 18.7 Å². The fourth-order valence-electron chi connectivity index (χ4n) is 1.77. The van der Waals surface area contributed by atoms with Crippen LogP contribution >= 0.6 is 15.9 Å². The Bertz CT molecular complexity index is 562. The SMILES string of the molecule is CCOC(=O)c1cn(C(CCC(Br)C(=O)OC)C(=O)OC)nn1. The molecule has 0 aromatic carbocycles. The summed E-state index contributed by atoms with van der Waals surface area (Å²) in [6, 6.07) is -0.819. The Morgan fingerprint density at radius 1 is 1.22 bits per heavy atom. The van der Waals surface area contributed by atoms with Crippen LogP contribution in [0.2, 0.25) is 0 Å². The largest absolute Gasteiger partial charge is 0.468 e. The number of rotatable bonds is 8. The monoisotopic (exact) mass is 391 g/mol. The molecule has 0 fully saturated rings. The van der Waals surface area contributed by atoms with Gasteiger partial charge in [-0.25, -0.2) is 14.3 Å². The Hall–Kier alpha value is -1.97. The predicted molar refractivity (Wildman–Crippen MR) is 81.0 cm³/mol. The van der Waals surface area contributed by atoms with Crippen LogP contribution < -0.4 is 0 Å². The lowest BCUT2D eigenvalue weighted by atomic mass is 10.1. The van der Waals surface area contributed by atoms with Crippen molar-refractivity contribution in [2.45, 2.75) is 30.6 Å². The van der Waals surface area contributed by atoms with Gasteiger partial charge in [0.1, 0.15) is 4.83 Å². The summed E-state index contributed by atoms with van der Waals surface area (Å²) in [5, 5.41) is 7.44. The molecule has 0 radical (unpaired) electrons. The van der Waals surface area contributed by atoms with Crippen molar-refractivity contribution in [3.63, 3.8) is 0 Å². The summed E-state index contributed by atoms with van der Waals surface area (Å²) in [5.74, 6) is -1.63. The Labute approximate surface area is 141 Å². The second-order valence-electron chi connectivity index (χ2n) is 4.41. The molecule has 2 unspecified atom stereocenters. The lowest BCUT2D eigenvalue weighted by Gasteiger charge is -2.15. The molecule has 23 heavy (non-hydrogen) atoms. The molecule has 0 saturated carbocycles. The zero-order valence-corrected chi connectivity index (χ0v) is 14.6. The molecule has 9 nitrogen and oxygen atoms in total. The summed E-state index contributed by atoms with van der Waals surface area (Å²) in [7, 11) is 2.52. The second kappa shape index (κ2) is 9.23. The summed E-state index contributed by atoms with van der Waals surface area (Å²) in [6.45, 7) is 1.87. The summed E-state index contributed by atoms with van der Waals surface area (Å²) in [5.41, 5.74) is -0.0101. The number of methoxy groups -OCH3 is 2. The predicted octanol–water partition coefficient (Wildman–Crippen LogP) is 0.886. The van der Waals surface area contributed by atoms with Crippen LogP contribution in [-0.4, -0.2) is 58.6 Å². The van der Waals surface area contributed by atoms with Gasteiger partial charge in [0.15, 0.2) is 11.7 Å². The van der Waals surface area contributed by atoms with E-state index in [1.807, 2.05) is 0 Å². The van der Waals surface area contributed by atoms with Gasteiger partial charge >= 0.3 is 17.9 Å². The van der Waals surface area contributed by atoms with Crippen molar-refractivity contribution in [1.82, 2.24) is 15.0 Å². The fraction of sp³-hybridized carbons (Fsp3) is 0.615. The number of ether oxygens (including phenoxy) is 3. The van der Waals surface area contributed by atoms with Gasteiger partial charge < -0.3 is 14.2 Å². The Balaban J connectivity index is 2.84. The molecule has 0 bridgehead atoms. The second-order valence-corrected chi connectivity index (χ2v) is 5.52. The number of carbonyl (C=O) groups excluding carboxylic acids is 3. The van der Waals surface area contributed by atoms with Crippen LogP contribution in [0.5, 0.6) is 0 Å². The van der Waals surface area contributed by atoms with Crippen molar-refractivity contribution in [3.05, 3.63) is 11.9 Å². The average Bonchev–Trinajstić information content (AvgIpc) is 3.03. The number of alkyl halides is 1. The van der Waals surface area contributed by atoms with Crippen LogP contribution in [0.15, 0.2) is 6.20 Å². The van der Waals surface area contributed by atoms with Gasteiger partial charge in [-0.3, -0.25) is 4.79 Å². The first-order valence-electron chi connectivity index (χ1n) is 6.83. The number of esters is 3. The minimum atomic E-state index is -0.819. The van der Waals surface area contributed by atoms with Crippen LogP contribution in [0.4, 0.5) is 0 Å². The van der Waals surface area contributed by atoms with E-state index in [0.717, 1.165) is 0 Å². The van der Waals surface area contributed by atoms with Crippen molar-refractivity contribution >= 4 is 33.8 Å². The maximum Gasteiger partial charge on any atom is 0.360 e. The summed E-state index contributed by atoms with van der Waals surface area (Å²) in [4.78, 5) is 34.3. The molecule has 0 aliphatic heterocycles. The highest BCUT2D eigenvalue weighted by atomic mass is 79.9. The summed E-state index contributed by atoms with van der Waals surface area (Å²) in [6.07, 6.45) is 1.85. The first kappa shape index (κ1) is 19.1. The number of aromatic nitrogens is 3. The van der Waals surface area contributed by atoms with Gasteiger partial charge in [0.25, 0.3) is 0 Å². The summed E-state index contributed by atoms with van der Waals surface area (Å²) >= 11 is 3.18. The van der Waals surface area contributed by atoms with Crippen molar-refractivity contribution in [3.8, 4) is 0 Å². The average molecular weight is 392 g/mol. The van der Waals surface area contributed by atoms with E-state index in [2.05, 4.69) is 31.0 Å². The molecule has 1 rings (SSSR count). The fourth-order valence-corrected chi connectivity index (χ4v) is 2.22. The quantitative estimate of drug-likeness (QED) is 0.365. The molecule has 0 aliphatic rings. The molecule has 2 atom stereocenters. The molecule has 0 N–H and O–H groups in total. The lowest BCUT2D eigenvalue weighted by Crippen LogP contribution is -2.24. The van der Waals surface area contributed by atoms with E-state index < -0.39 is 28.8 Å². The highest BCUT2D eigenvalue weighted by molar-refractivity contribution is 9.10. The highest BCUT2D eigenvalue weighted by Crippen LogP contribution is 2.20. The Kier molecular flexibility index (Phi) is 7.66. The molecule has 1 aromatic rings. The van der Waals surface area contributed by atoms with Gasteiger partial charge in [0.05, 0.1) is 27.0 Å². The van der Waals surface area contributed by atoms with E-state index in [4.69, 9.17) is 9.47 Å².